The molecule has 0 saturated carbocycles. The smallest absolute Gasteiger partial charge is 0.151 e. The van der Waals surface area contributed by atoms with Gasteiger partial charge in [0.05, 0.1) is 22.7 Å². The average Bonchev–Trinajstić information content (AvgIpc) is 3.35. The lowest BCUT2D eigenvalue weighted by atomic mass is 10.1. The van der Waals surface area contributed by atoms with E-state index in [2.05, 4.69) is 46.2 Å². The van der Waals surface area contributed by atoms with Crippen molar-refractivity contribution in [1.29, 1.82) is 0 Å². The summed E-state index contributed by atoms with van der Waals surface area (Å²) in [6.07, 6.45) is 2.75. The highest BCUT2D eigenvalue weighted by Gasteiger charge is 2.27. The predicted octanol–water partition coefficient (Wildman–Crippen LogP) is 4.69. The number of ether oxygens (including phenoxy) is 1. The summed E-state index contributed by atoms with van der Waals surface area (Å²) in [4.78, 5) is 7.22. The Bertz CT molecular complexity index is 1060. The van der Waals surface area contributed by atoms with Crippen molar-refractivity contribution in [3.05, 3.63) is 41.3 Å². The van der Waals surface area contributed by atoms with Crippen molar-refractivity contribution in [1.82, 2.24) is 20.5 Å². The second kappa shape index (κ2) is 8.51. The van der Waals surface area contributed by atoms with Crippen LogP contribution in [0.5, 0.6) is 5.75 Å². The molecule has 8 heteroatoms. The van der Waals surface area contributed by atoms with E-state index in [0.29, 0.717) is 28.6 Å². The molecular formula is C23H28FN5OS. The first-order valence-electron chi connectivity index (χ1n) is 10.4. The van der Waals surface area contributed by atoms with E-state index in [0.717, 1.165) is 35.2 Å². The largest absolute Gasteiger partial charge is 0.496 e. The van der Waals surface area contributed by atoms with E-state index in [1.807, 2.05) is 19.1 Å². The third-order valence-electron chi connectivity index (χ3n) is 5.25. The van der Waals surface area contributed by atoms with Crippen LogP contribution >= 0.6 is 11.3 Å². The fourth-order valence-electron chi connectivity index (χ4n) is 3.93. The summed E-state index contributed by atoms with van der Waals surface area (Å²) in [7, 11) is 1.58. The van der Waals surface area contributed by atoms with E-state index in [1.165, 1.54) is 17.4 Å². The van der Waals surface area contributed by atoms with Gasteiger partial charge in [-0.05, 0) is 58.4 Å². The zero-order chi connectivity index (χ0) is 22.2. The number of benzene rings is 1. The van der Waals surface area contributed by atoms with Crippen LogP contribution in [0.2, 0.25) is 0 Å². The average molecular weight is 442 g/mol. The minimum absolute atomic E-state index is 0.0842. The molecule has 0 bridgehead atoms. The Kier molecular flexibility index (Phi) is 5.94. The first-order valence-corrected chi connectivity index (χ1v) is 11.2. The number of hydrogen-bond donors (Lipinski definition) is 1. The molecule has 164 valence electrons. The van der Waals surface area contributed by atoms with Gasteiger partial charge in [0, 0.05) is 42.0 Å². The Morgan fingerprint density at radius 2 is 2.00 bits per heavy atom. The van der Waals surface area contributed by atoms with Gasteiger partial charge in [0.25, 0.3) is 0 Å². The van der Waals surface area contributed by atoms with Crippen LogP contribution in [-0.4, -0.2) is 47.0 Å². The molecule has 0 radical (unpaired) electrons. The molecule has 2 aromatic heterocycles. The Labute approximate surface area is 186 Å². The Morgan fingerprint density at radius 3 is 2.61 bits per heavy atom. The van der Waals surface area contributed by atoms with Gasteiger partial charge in [0.2, 0.25) is 0 Å². The van der Waals surface area contributed by atoms with Crippen LogP contribution in [0.1, 0.15) is 32.2 Å². The summed E-state index contributed by atoms with van der Waals surface area (Å²) < 4.78 is 20.5. The fraction of sp³-hybridized carbons (Fsp3) is 0.435. The molecule has 4 rings (SSSR count). The van der Waals surface area contributed by atoms with Crippen molar-refractivity contribution >= 4 is 17.2 Å². The number of hydrogen-bond acceptors (Lipinski definition) is 7. The summed E-state index contributed by atoms with van der Waals surface area (Å²) in [5, 5.41) is 13.3. The molecule has 1 saturated heterocycles. The number of nitrogens with zero attached hydrogens (tertiary/aromatic N) is 4. The molecule has 6 nitrogen and oxygen atoms in total. The van der Waals surface area contributed by atoms with Crippen LogP contribution in [0.25, 0.3) is 21.7 Å². The number of methoxy groups -OCH3 is 1. The Morgan fingerprint density at radius 1 is 1.19 bits per heavy atom. The minimum atomic E-state index is -0.332. The third-order valence-corrected chi connectivity index (χ3v) is 6.20. The highest BCUT2D eigenvalue weighted by Crippen LogP contribution is 2.37. The zero-order valence-electron chi connectivity index (χ0n) is 18.6. The molecule has 0 unspecified atom stereocenters. The summed E-state index contributed by atoms with van der Waals surface area (Å²) in [6.45, 7) is 10.3. The molecule has 1 atom stereocenters. The lowest BCUT2D eigenvalue weighted by Crippen LogP contribution is -2.45. The lowest BCUT2D eigenvalue weighted by molar-refractivity contribution is 0.373. The number of aromatic nitrogens is 3. The maximum Gasteiger partial charge on any atom is 0.151 e. The lowest BCUT2D eigenvalue weighted by Gasteiger charge is -2.26. The van der Waals surface area contributed by atoms with Crippen LogP contribution in [0, 0.1) is 12.7 Å². The maximum atomic E-state index is 14.9. The van der Waals surface area contributed by atoms with E-state index in [4.69, 9.17) is 4.74 Å². The van der Waals surface area contributed by atoms with Crippen molar-refractivity contribution < 1.29 is 9.13 Å². The summed E-state index contributed by atoms with van der Waals surface area (Å²) in [5.41, 5.74) is 1.72. The molecule has 1 fully saturated rings. The van der Waals surface area contributed by atoms with E-state index >= 15 is 0 Å². The monoisotopic (exact) mass is 441 g/mol. The van der Waals surface area contributed by atoms with Crippen molar-refractivity contribution in [3.8, 4) is 27.4 Å². The topological polar surface area (TPSA) is 63.2 Å². The van der Waals surface area contributed by atoms with Gasteiger partial charge < -0.3 is 15.0 Å². The van der Waals surface area contributed by atoms with E-state index in [1.54, 1.807) is 19.4 Å². The Balaban J connectivity index is 1.56. The van der Waals surface area contributed by atoms with Gasteiger partial charge in [-0.3, -0.25) is 0 Å². The number of anilines is 1. The minimum Gasteiger partial charge on any atom is -0.496 e. The van der Waals surface area contributed by atoms with E-state index in [-0.39, 0.29) is 11.4 Å². The number of aryl methyl sites for hydroxylation is 1. The summed E-state index contributed by atoms with van der Waals surface area (Å²) in [6, 6.07) is 7.42. The van der Waals surface area contributed by atoms with Crippen LogP contribution < -0.4 is 15.0 Å². The molecule has 0 amide bonds. The van der Waals surface area contributed by atoms with Crippen LogP contribution in [0.3, 0.4) is 0 Å². The molecule has 3 heterocycles. The van der Waals surface area contributed by atoms with Gasteiger partial charge in [-0.1, -0.05) is 0 Å². The highest BCUT2D eigenvalue weighted by molar-refractivity contribution is 7.15. The molecule has 0 spiro atoms. The molecule has 1 aliphatic rings. The molecule has 31 heavy (non-hydrogen) atoms. The van der Waals surface area contributed by atoms with Gasteiger partial charge in [0.15, 0.2) is 5.82 Å². The van der Waals surface area contributed by atoms with Gasteiger partial charge in [0.1, 0.15) is 11.6 Å². The van der Waals surface area contributed by atoms with Gasteiger partial charge in [-0.25, -0.2) is 9.37 Å². The third kappa shape index (κ3) is 4.85. The summed E-state index contributed by atoms with van der Waals surface area (Å²) in [5.74, 6) is 1.05. The SMILES string of the molecule is COc1cc(-c2cnc(C)s2)c(F)cc1-c1ccc(N2CC[C@@H](NC(C)(C)C)C2)nn1. The van der Waals surface area contributed by atoms with Crippen molar-refractivity contribution in [2.75, 3.05) is 25.1 Å². The standard InChI is InChI=1S/C23H28FN5OS/c1-14-25-12-21(31-14)16-11-20(30-5)17(10-18(16)24)19-6-7-22(28-27-19)29-9-8-15(13-29)26-23(2,3)4/h6-7,10-12,15,26H,8-9,13H2,1-5H3/t15-/m1/s1. The molecule has 1 N–H and O–H groups in total. The highest BCUT2D eigenvalue weighted by atomic mass is 32.1. The van der Waals surface area contributed by atoms with Gasteiger partial charge in [-0.2, -0.15) is 0 Å². The quantitative estimate of drug-likeness (QED) is 0.620. The fourth-order valence-corrected chi connectivity index (χ4v) is 4.73. The maximum absolute atomic E-state index is 14.9. The van der Waals surface area contributed by atoms with Gasteiger partial charge >= 0.3 is 0 Å². The number of halogens is 1. The van der Waals surface area contributed by atoms with Crippen molar-refractivity contribution in [2.45, 2.75) is 45.7 Å². The van der Waals surface area contributed by atoms with Gasteiger partial charge in [-0.15, -0.1) is 21.5 Å². The molecule has 0 aliphatic carbocycles. The van der Waals surface area contributed by atoms with E-state index < -0.39 is 0 Å². The predicted molar refractivity (Wildman–Crippen MR) is 123 cm³/mol. The van der Waals surface area contributed by atoms with Crippen LogP contribution in [-0.2, 0) is 0 Å². The van der Waals surface area contributed by atoms with Crippen LogP contribution in [0.15, 0.2) is 30.5 Å². The zero-order valence-corrected chi connectivity index (χ0v) is 19.4. The Hall–Kier alpha value is -2.58. The first kappa shape index (κ1) is 21.6. The summed E-state index contributed by atoms with van der Waals surface area (Å²) >= 11 is 1.45. The normalized spacial score (nSPS) is 16.7. The number of nitrogens with one attached hydrogen (secondary N) is 1. The molecular weight excluding hydrogens is 413 g/mol. The molecule has 3 aromatic rings. The second-order valence-electron chi connectivity index (χ2n) is 8.88. The molecule has 1 aromatic carbocycles. The first-order chi connectivity index (χ1) is 14.7. The molecule has 1 aliphatic heterocycles. The number of thiazole rings is 1. The number of rotatable bonds is 5. The second-order valence-corrected chi connectivity index (χ2v) is 10.1. The van der Waals surface area contributed by atoms with Crippen molar-refractivity contribution in [3.63, 3.8) is 0 Å². The van der Waals surface area contributed by atoms with Crippen LogP contribution in [0.4, 0.5) is 10.2 Å². The van der Waals surface area contributed by atoms with E-state index in [9.17, 15) is 4.39 Å². The van der Waals surface area contributed by atoms with Crippen molar-refractivity contribution in [2.24, 2.45) is 0 Å².